The quantitative estimate of drug-likeness (QED) is 0.373. The van der Waals surface area contributed by atoms with Gasteiger partial charge in [-0.3, -0.25) is 4.21 Å². The Bertz CT molecular complexity index is 253. The average molecular weight is 187 g/mol. The highest BCUT2D eigenvalue weighted by Crippen LogP contribution is 1.86. The Hall–Kier alpha value is -0.670. The fourth-order valence-electron chi connectivity index (χ4n) is 0.157. The van der Waals surface area contributed by atoms with Crippen LogP contribution >= 0.6 is 0 Å². The highest BCUT2D eigenvalue weighted by Gasteiger charge is 2.11. The molecule has 0 aliphatic rings. The fraction of sp³-hybridized carbons (Fsp3) is 0. The first-order valence-electron chi connectivity index (χ1n) is 1.78. The summed E-state index contributed by atoms with van der Waals surface area (Å²) in [5, 5.41) is 0. The van der Waals surface area contributed by atoms with Gasteiger partial charge in [-0.05, 0) is 0 Å². The van der Waals surface area contributed by atoms with Crippen molar-refractivity contribution < 1.29 is 22.0 Å². The van der Waals surface area contributed by atoms with Crippen LogP contribution in [0.1, 0.15) is 0 Å². The van der Waals surface area contributed by atoms with E-state index < -0.39 is 25.2 Å². The molecule has 2 amide bonds. The topological polar surface area (TPSA) is 129 Å². The van der Waals surface area contributed by atoms with Gasteiger partial charge in [0.15, 0.2) is 0 Å². The minimum atomic E-state index is -4.61. The maximum absolute atomic E-state index is 10.1. The van der Waals surface area contributed by atoms with Gasteiger partial charge in [-0.2, -0.15) is 8.42 Å². The first kappa shape index (κ1) is 9.33. The van der Waals surface area contributed by atoms with Crippen LogP contribution in [0.2, 0.25) is 0 Å². The molecule has 0 rings (SSSR count). The third kappa shape index (κ3) is 2.75. The molecular weight excluding hydrogens is 184 g/mol. The molecule has 0 radical (unpaired) electrons. The lowest BCUT2D eigenvalue weighted by atomic mass is 11.2. The Balaban J connectivity index is 4.46. The largest absolute Gasteiger partial charge is 0.759 e. The van der Waals surface area contributed by atoms with Crippen molar-refractivity contribution in [2.45, 2.75) is 0 Å². The van der Waals surface area contributed by atoms with Gasteiger partial charge in [-0.25, -0.2) is 9.52 Å². The van der Waals surface area contributed by atoms with E-state index in [-0.39, 0.29) is 0 Å². The highest BCUT2D eigenvalue weighted by molar-refractivity contribution is 8.61. The van der Waals surface area contributed by atoms with Gasteiger partial charge in [-0.15, -0.1) is 0 Å². The lowest BCUT2D eigenvalue weighted by Gasteiger charge is -2.04. The summed E-state index contributed by atoms with van der Waals surface area (Å²) in [7, 11) is -7.99. The molecular formula is CH3N2O5S2-. The summed E-state index contributed by atoms with van der Waals surface area (Å²) < 4.78 is 40.6. The Kier molecular flexibility index (Phi) is 2.75. The zero-order valence-electron chi connectivity index (χ0n) is 4.44. The van der Waals surface area contributed by atoms with E-state index in [1.54, 1.807) is 0 Å². The van der Waals surface area contributed by atoms with Crippen LogP contribution < -0.4 is 10.5 Å². The standard InChI is InChI=1S/CH4N2O5S2/c2-1(4)3-10(7,8)9(5)6/h(H,5,6)(H3,2,3,4)/p-1. The number of carbonyl (C=O) groups is 1. The van der Waals surface area contributed by atoms with Crippen LogP contribution in [-0.2, 0) is 19.2 Å². The third-order valence-electron chi connectivity index (χ3n) is 0.405. The average Bonchev–Trinajstić information content (AvgIpc) is 1.60. The van der Waals surface area contributed by atoms with Crippen molar-refractivity contribution in [1.82, 2.24) is 4.72 Å². The zero-order valence-corrected chi connectivity index (χ0v) is 6.07. The zero-order chi connectivity index (χ0) is 8.36. The predicted octanol–water partition coefficient (Wildman–Crippen LogP) is -2.22. The first-order valence-corrected chi connectivity index (χ1v) is 4.86. The molecule has 3 N–H and O–H groups in total. The number of amides is 2. The first-order chi connectivity index (χ1) is 4.36. The van der Waals surface area contributed by atoms with Crippen molar-refractivity contribution in [3.05, 3.63) is 0 Å². The Labute approximate surface area is 58.3 Å². The minimum Gasteiger partial charge on any atom is -0.759 e. The molecule has 0 aliphatic carbocycles. The number of carbonyl (C=O) groups excluding carboxylic acids is 1. The van der Waals surface area contributed by atoms with E-state index in [9.17, 15) is 22.0 Å². The number of hydrogen-bond donors (Lipinski definition) is 2. The van der Waals surface area contributed by atoms with Gasteiger partial charge < -0.3 is 10.3 Å². The molecule has 1 atom stereocenters. The molecule has 60 valence electrons. The van der Waals surface area contributed by atoms with Crippen molar-refractivity contribution in [3.63, 3.8) is 0 Å². The SMILES string of the molecule is NC(=O)NS(=O)(=O)S(=O)[O-]. The summed E-state index contributed by atoms with van der Waals surface area (Å²) >= 11 is 0. The fourth-order valence-corrected chi connectivity index (χ4v) is 0.922. The van der Waals surface area contributed by atoms with Crippen LogP contribution in [0.15, 0.2) is 0 Å². The molecule has 0 aromatic carbocycles. The molecule has 10 heavy (non-hydrogen) atoms. The van der Waals surface area contributed by atoms with Crippen LogP contribution in [0.25, 0.3) is 0 Å². The normalized spacial score (nSPS) is 14.1. The van der Waals surface area contributed by atoms with E-state index in [1.165, 1.54) is 0 Å². The van der Waals surface area contributed by atoms with Crippen LogP contribution in [0.4, 0.5) is 4.79 Å². The van der Waals surface area contributed by atoms with Gasteiger partial charge in [-0.1, -0.05) is 0 Å². The molecule has 0 fully saturated rings. The second-order valence-corrected chi connectivity index (χ2v) is 4.78. The van der Waals surface area contributed by atoms with E-state index in [1.807, 2.05) is 0 Å². The van der Waals surface area contributed by atoms with E-state index in [0.29, 0.717) is 0 Å². The summed E-state index contributed by atoms with van der Waals surface area (Å²) in [6.07, 6.45) is 0. The van der Waals surface area contributed by atoms with Gasteiger partial charge in [0.1, 0.15) is 0 Å². The maximum Gasteiger partial charge on any atom is 0.326 e. The summed E-state index contributed by atoms with van der Waals surface area (Å²) in [4.78, 5) is 9.78. The lowest BCUT2D eigenvalue weighted by molar-refractivity contribution is 0.253. The molecule has 1 unspecified atom stereocenters. The van der Waals surface area contributed by atoms with Crippen LogP contribution in [0.3, 0.4) is 0 Å². The summed E-state index contributed by atoms with van der Waals surface area (Å²) in [6, 6.07) is -1.44. The van der Waals surface area contributed by atoms with Gasteiger partial charge in [0.2, 0.25) is 0 Å². The highest BCUT2D eigenvalue weighted by atomic mass is 33.2. The van der Waals surface area contributed by atoms with Crippen LogP contribution in [0.5, 0.6) is 0 Å². The smallest absolute Gasteiger partial charge is 0.326 e. The summed E-state index contributed by atoms with van der Waals surface area (Å²) in [5.41, 5.74) is 4.31. The van der Waals surface area contributed by atoms with Crippen LogP contribution in [-0.4, -0.2) is 23.2 Å². The van der Waals surface area contributed by atoms with Gasteiger partial charge >= 0.3 is 15.1 Å². The predicted molar refractivity (Wildman–Crippen MR) is 30.6 cm³/mol. The van der Waals surface area contributed by atoms with Gasteiger partial charge in [0.05, 0.1) is 10.1 Å². The van der Waals surface area contributed by atoms with E-state index in [2.05, 4.69) is 5.73 Å². The Morgan fingerprint density at radius 3 is 2.10 bits per heavy atom. The molecule has 9 heteroatoms. The van der Waals surface area contributed by atoms with E-state index in [0.717, 1.165) is 4.72 Å². The second-order valence-electron chi connectivity index (χ2n) is 1.12. The van der Waals surface area contributed by atoms with Gasteiger partial charge in [0, 0.05) is 0 Å². The van der Waals surface area contributed by atoms with Crippen molar-refractivity contribution in [1.29, 1.82) is 0 Å². The van der Waals surface area contributed by atoms with Crippen LogP contribution in [0, 0.1) is 0 Å². The Morgan fingerprint density at radius 2 is 2.00 bits per heavy atom. The van der Waals surface area contributed by atoms with Crippen molar-refractivity contribution in [2.24, 2.45) is 5.73 Å². The molecule has 0 spiro atoms. The number of rotatable bonds is 2. The second kappa shape index (κ2) is 2.94. The summed E-state index contributed by atoms with van der Waals surface area (Å²) in [5.74, 6) is 0. The molecule has 0 aromatic heterocycles. The van der Waals surface area contributed by atoms with Crippen molar-refractivity contribution in [3.8, 4) is 0 Å². The van der Waals surface area contributed by atoms with Crippen molar-refractivity contribution in [2.75, 3.05) is 0 Å². The number of hydrogen-bond acceptors (Lipinski definition) is 5. The molecule has 7 nitrogen and oxygen atoms in total. The Morgan fingerprint density at radius 1 is 1.60 bits per heavy atom. The molecule has 0 saturated carbocycles. The van der Waals surface area contributed by atoms with E-state index in [4.69, 9.17) is 0 Å². The van der Waals surface area contributed by atoms with Gasteiger partial charge in [0.25, 0.3) is 0 Å². The maximum atomic E-state index is 10.1. The molecule has 0 aliphatic heterocycles. The molecule has 0 bridgehead atoms. The lowest BCUT2D eigenvalue weighted by Crippen LogP contribution is -2.36. The summed E-state index contributed by atoms with van der Waals surface area (Å²) in [6.45, 7) is 0. The number of nitrogens with one attached hydrogen (secondary N) is 1. The number of primary amides is 1. The third-order valence-corrected chi connectivity index (χ3v) is 2.54. The van der Waals surface area contributed by atoms with Crippen molar-refractivity contribution >= 4 is 25.2 Å². The van der Waals surface area contributed by atoms with E-state index >= 15 is 0 Å². The monoisotopic (exact) mass is 187 g/mol. The molecule has 0 aromatic rings. The number of nitrogens with two attached hydrogens (primary N) is 1. The molecule has 0 heterocycles. The minimum absolute atomic E-state index is 1.02. The number of urea groups is 1. The molecule has 0 saturated heterocycles.